The van der Waals surface area contributed by atoms with E-state index in [-0.39, 0.29) is 17.4 Å². The number of nitrogens with zero attached hydrogens (tertiary/aromatic N) is 1. The number of carbonyl (C=O) groups excluding carboxylic acids is 2. The molecule has 1 heterocycles. The third-order valence-corrected chi connectivity index (χ3v) is 6.39. The Morgan fingerprint density at radius 3 is 2.00 bits per heavy atom. The SMILES string of the molecule is CC(=O)Nc1ccc(N2CCCCC2)cc1C(=O)Nc1ccc(CCc2ccc(C(=O)O)cc2)cc1. The second kappa shape index (κ2) is 11.5. The number of piperidine rings is 1. The van der Waals surface area contributed by atoms with Gasteiger partial charge >= 0.3 is 5.97 Å². The van der Waals surface area contributed by atoms with Gasteiger partial charge in [0.25, 0.3) is 5.91 Å². The second-order valence-corrected chi connectivity index (χ2v) is 9.11. The molecular formula is C29H31N3O4. The molecular weight excluding hydrogens is 454 g/mol. The van der Waals surface area contributed by atoms with Gasteiger partial charge in [0, 0.05) is 31.4 Å². The third kappa shape index (κ3) is 6.50. The zero-order chi connectivity index (χ0) is 25.5. The van der Waals surface area contributed by atoms with Crippen molar-refractivity contribution in [3.8, 4) is 0 Å². The van der Waals surface area contributed by atoms with Crippen LogP contribution < -0.4 is 15.5 Å². The van der Waals surface area contributed by atoms with Gasteiger partial charge in [-0.25, -0.2) is 4.79 Å². The number of carboxylic acids is 1. The number of hydrogen-bond acceptors (Lipinski definition) is 4. The summed E-state index contributed by atoms with van der Waals surface area (Å²) in [6.07, 6.45) is 5.07. The first-order valence-electron chi connectivity index (χ1n) is 12.3. The molecule has 186 valence electrons. The fourth-order valence-electron chi connectivity index (χ4n) is 4.42. The Hall–Kier alpha value is -4.13. The molecule has 1 fully saturated rings. The van der Waals surface area contributed by atoms with Crippen LogP contribution in [0.1, 0.15) is 58.0 Å². The average molecular weight is 486 g/mol. The Kier molecular flexibility index (Phi) is 8.00. The number of carboxylic acid groups (broad SMARTS) is 1. The minimum atomic E-state index is -0.929. The van der Waals surface area contributed by atoms with Crippen molar-refractivity contribution in [2.45, 2.75) is 39.0 Å². The van der Waals surface area contributed by atoms with Crippen LogP contribution in [-0.2, 0) is 17.6 Å². The van der Waals surface area contributed by atoms with Gasteiger partial charge < -0.3 is 20.6 Å². The van der Waals surface area contributed by atoms with E-state index < -0.39 is 5.97 Å². The zero-order valence-corrected chi connectivity index (χ0v) is 20.4. The Labute approximate surface area is 211 Å². The molecule has 1 aliphatic heterocycles. The Bertz CT molecular complexity index is 1230. The van der Waals surface area contributed by atoms with Gasteiger partial charge in [0.2, 0.25) is 5.91 Å². The highest BCUT2D eigenvalue weighted by Gasteiger charge is 2.18. The lowest BCUT2D eigenvalue weighted by atomic mass is 10.0. The summed E-state index contributed by atoms with van der Waals surface area (Å²) in [7, 11) is 0. The lowest BCUT2D eigenvalue weighted by Gasteiger charge is -2.29. The molecule has 1 aliphatic rings. The van der Waals surface area contributed by atoms with E-state index >= 15 is 0 Å². The first-order valence-corrected chi connectivity index (χ1v) is 12.3. The van der Waals surface area contributed by atoms with Crippen molar-refractivity contribution < 1.29 is 19.5 Å². The van der Waals surface area contributed by atoms with Gasteiger partial charge in [-0.2, -0.15) is 0 Å². The molecule has 36 heavy (non-hydrogen) atoms. The van der Waals surface area contributed by atoms with Crippen molar-refractivity contribution in [3.63, 3.8) is 0 Å². The Morgan fingerprint density at radius 2 is 1.42 bits per heavy atom. The van der Waals surface area contributed by atoms with Crippen LogP contribution in [0.3, 0.4) is 0 Å². The Balaban J connectivity index is 1.42. The third-order valence-electron chi connectivity index (χ3n) is 6.39. The lowest BCUT2D eigenvalue weighted by Crippen LogP contribution is -2.29. The predicted molar refractivity (Wildman–Crippen MR) is 142 cm³/mol. The lowest BCUT2D eigenvalue weighted by molar-refractivity contribution is -0.114. The molecule has 0 spiro atoms. The molecule has 0 aliphatic carbocycles. The molecule has 3 N–H and O–H groups in total. The van der Waals surface area contributed by atoms with E-state index in [0.29, 0.717) is 16.9 Å². The molecule has 0 unspecified atom stereocenters. The highest BCUT2D eigenvalue weighted by molar-refractivity contribution is 6.10. The van der Waals surface area contributed by atoms with Gasteiger partial charge in [-0.1, -0.05) is 24.3 Å². The number of aryl methyl sites for hydroxylation is 2. The van der Waals surface area contributed by atoms with Gasteiger partial charge in [-0.05, 0) is 85.7 Å². The van der Waals surface area contributed by atoms with Crippen LogP contribution in [0, 0.1) is 0 Å². The number of aromatic carboxylic acids is 1. The van der Waals surface area contributed by atoms with Crippen LogP contribution in [0.2, 0.25) is 0 Å². The van der Waals surface area contributed by atoms with E-state index in [4.69, 9.17) is 5.11 Å². The first-order chi connectivity index (χ1) is 17.4. The van der Waals surface area contributed by atoms with Gasteiger partial charge in [0.15, 0.2) is 0 Å². The first kappa shape index (κ1) is 25.0. The van der Waals surface area contributed by atoms with Crippen LogP contribution >= 0.6 is 0 Å². The van der Waals surface area contributed by atoms with Crippen LogP contribution in [0.4, 0.5) is 17.1 Å². The molecule has 0 bridgehead atoms. The number of anilines is 3. The van der Waals surface area contributed by atoms with Crippen LogP contribution in [0.15, 0.2) is 66.7 Å². The minimum Gasteiger partial charge on any atom is -0.478 e. The molecule has 4 rings (SSSR count). The molecule has 3 aromatic carbocycles. The standard InChI is InChI=1S/C29H31N3O4/c1-20(33)30-27-16-15-25(32-17-3-2-4-18-32)19-26(27)28(34)31-24-13-9-22(10-14-24)6-5-21-7-11-23(12-8-21)29(35)36/h7-16,19H,2-6,17-18H2,1H3,(H,30,33)(H,31,34)(H,35,36). The molecule has 1 saturated heterocycles. The second-order valence-electron chi connectivity index (χ2n) is 9.11. The van der Waals surface area contributed by atoms with Crippen molar-refractivity contribution in [1.29, 1.82) is 0 Å². The summed E-state index contributed by atoms with van der Waals surface area (Å²) in [5, 5.41) is 14.7. The van der Waals surface area contributed by atoms with Gasteiger partial charge in [0.1, 0.15) is 0 Å². The molecule has 2 amide bonds. The summed E-state index contributed by atoms with van der Waals surface area (Å²) in [4.78, 5) is 38.2. The average Bonchev–Trinajstić information content (AvgIpc) is 2.89. The fourth-order valence-corrected chi connectivity index (χ4v) is 4.42. The summed E-state index contributed by atoms with van der Waals surface area (Å²) in [5.74, 6) is -1.43. The monoisotopic (exact) mass is 485 g/mol. The quantitative estimate of drug-likeness (QED) is 0.398. The summed E-state index contributed by atoms with van der Waals surface area (Å²) >= 11 is 0. The molecule has 0 atom stereocenters. The molecule has 0 saturated carbocycles. The van der Waals surface area contributed by atoms with Crippen molar-refractivity contribution in [1.82, 2.24) is 0 Å². The fraction of sp³-hybridized carbons (Fsp3) is 0.276. The maximum Gasteiger partial charge on any atom is 0.335 e. The maximum atomic E-state index is 13.2. The largest absolute Gasteiger partial charge is 0.478 e. The van der Waals surface area contributed by atoms with Gasteiger partial charge in [0.05, 0.1) is 16.8 Å². The number of nitrogens with one attached hydrogen (secondary N) is 2. The van der Waals surface area contributed by atoms with Crippen molar-refractivity contribution >= 4 is 34.8 Å². The number of amides is 2. The summed E-state index contributed by atoms with van der Waals surface area (Å²) in [6.45, 7) is 3.36. The van der Waals surface area contributed by atoms with Crippen LogP contribution in [-0.4, -0.2) is 36.0 Å². The summed E-state index contributed by atoms with van der Waals surface area (Å²) in [6, 6.07) is 20.2. The van der Waals surface area contributed by atoms with E-state index in [1.165, 1.54) is 13.3 Å². The van der Waals surface area contributed by atoms with Crippen LogP contribution in [0.25, 0.3) is 0 Å². The molecule has 0 aromatic heterocycles. The highest BCUT2D eigenvalue weighted by Crippen LogP contribution is 2.27. The van der Waals surface area contributed by atoms with Crippen molar-refractivity contribution in [3.05, 3.63) is 89.0 Å². The van der Waals surface area contributed by atoms with Gasteiger partial charge in [-0.3, -0.25) is 9.59 Å². The highest BCUT2D eigenvalue weighted by atomic mass is 16.4. The van der Waals surface area contributed by atoms with E-state index in [1.807, 2.05) is 48.5 Å². The molecule has 0 radical (unpaired) electrons. The van der Waals surface area contributed by atoms with Crippen LogP contribution in [0.5, 0.6) is 0 Å². The van der Waals surface area contributed by atoms with E-state index in [1.54, 1.807) is 18.2 Å². The zero-order valence-electron chi connectivity index (χ0n) is 20.4. The molecule has 3 aromatic rings. The number of carbonyl (C=O) groups is 3. The molecule has 7 nitrogen and oxygen atoms in total. The smallest absolute Gasteiger partial charge is 0.335 e. The summed E-state index contributed by atoms with van der Waals surface area (Å²) in [5.41, 5.74) is 5.04. The minimum absolute atomic E-state index is 0.225. The Morgan fingerprint density at radius 1 is 0.806 bits per heavy atom. The number of benzene rings is 3. The number of hydrogen-bond donors (Lipinski definition) is 3. The topological polar surface area (TPSA) is 98.7 Å². The summed E-state index contributed by atoms with van der Waals surface area (Å²) < 4.78 is 0. The van der Waals surface area contributed by atoms with E-state index in [0.717, 1.165) is 55.6 Å². The van der Waals surface area contributed by atoms with E-state index in [9.17, 15) is 14.4 Å². The van der Waals surface area contributed by atoms with Crippen molar-refractivity contribution in [2.24, 2.45) is 0 Å². The molecule has 7 heteroatoms. The predicted octanol–water partition coefficient (Wildman–Crippen LogP) is 5.37. The normalized spacial score (nSPS) is 13.2. The number of rotatable bonds is 8. The van der Waals surface area contributed by atoms with Crippen molar-refractivity contribution in [2.75, 3.05) is 28.6 Å². The van der Waals surface area contributed by atoms with Gasteiger partial charge in [-0.15, -0.1) is 0 Å². The van der Waals surface area contributed by atoms with E-state index in [2.05, 4.69) is 15.5 Å². The maximum absolute atomic E-state index is 13.2.